The summed E-state index contributed by atoms with van der Waals surface area (Å²) >= 11 is 0. The van der Waals surface area contributed by atoms with Gasteiger partial charge in [-0.15, -0.1) is 0 Å². The van der Waals surface area contributed by atoms with E-state index in [-0.39, 0.29) is 0 Å². The summed E-state index contributed by atoms with van der Waals surface area (Å²) in [4.78, 5) is 7.37. The normalized spacial score (nSPS) is 18.2. The maximum absolute atomic E-state index is 4.76. The number of benzene rings is 2. The Morgan fingerprint density at radius 3 is 2.81 bits per heavy atom. The number of aromatic nitrogens is 2. The van der Waals surface area contributed by atoms with Crippen molar-refractivity contribution in [2.45, 2.75) is 38.8 Å². The minimum Gasteiger partial charge on any atom is -0.384 e. The van der Waals surface area contributed by atoms with E-state index < -0.39 is 0 Å². The molecule has 4 nitrogen and oxygen atoms in total. The van der Waals surface area contributed by atoms with Gasteiger partial charge in [0.1, 0.15) is 5.82 Å². The number of nitrogens with one attached hydrogen (secondary N) is 1. The van der Waals surface area contributed by atoms with Crippen molar-refractivity contribution < 1.29 is 0 Å². The molecule has 0 unspecified atom stereocenters. The van der Waals surface area contributed by atoms with E-state index in [0.717, 1.165) is 43.9 Å². The number of aryl methyl sites for hydroxylation is 1. The average Bonchev–Trinajstić information content (AvgIpc) is 3.26. The molecule has 0 saturated carbocycles. The number of imidazole rings is 1. The van der Waals surface area contributed by atoms with E-state index in [0.29, 0.717) is 6.04 Å². The maximum atomic E-state index is 4.76. The summed E-state index contributed by atoms with van der Waals surface area (Å²) < 4.78 is 2.47. The number of hydrogen-bond donors (Lipinski definition) is 1. The van der Waals surface area contributed by atoms with Crippen LogP contribution in [-0.4, -0.2) is 34.1 Å². The van der Waals surface area contributed by atoms with Crippen LogP contribution in [0.2, 0.25) is 0 Å². The van der Waals surface area contributed by atoms with Gasteiger partial charge in [-0.1, -0.05) is 30.3 Å². The number of anilines is 1. The number of hydrogen-bond acceptors (Lipinski definition) is 3. The van der Waals surface area contributed by atoms with Crippen molar-refractivity contribution in [3.8, 4) is 0 Å². The lowest BCUT2D eigenvalue weighted by Crippen LogP contribution is -2.34. The van der Waals surface area contributed by atoms with E-state index in [1.165, 1.54) is 35.2 Å². The Hall–Kier alpha value is -2.33. The molecule has 2 aromatic carbocycles. The van der Waals surface area contributed by atoms with Crippen LogP contribution in [0.25, 0.3) is 11.0 Å². The fourth-order valence-electron chi connectivity index (χ4n) is 4.75. The molecular weight excluding hydrogens is 320 g/mol. The lowest BCUT2D eigenvalue weighted by Gasteiger charge is -2.33. The van der Waals surface area contributed by atoms with Crippen LogP contribution in [0.5, 0.6) is 0 Å². The van der Waals surface area contributed by atoms with Crippen molar-refractivity contribution in [1.29, 1.82) is 0 Å². The Kier molecular flexibility index (Phi) is 3.93. The first-order valence-electron chi connectivity index (χ1n) is 9.80. The van der Waals surface area contributed by atoms with Crippen LogP contribution in [0.3, 0.4) is 0 Å². The average molecular weight is 346 g/mol. The topological polar surface area (TPSA) is 33.1 Å². The van der Waals surface area contributed by atoms with Crippen molar-refractivity contribution in [3.63, 3.8) is 0 Å². The molecule has 1 N–H and O–H groups in total. The minimum atomic E-state index is 0.568. The number of fused-ring (bicyclic) bond motifs is 2. The largest absolute Gasteiger partial charge is 0.384 e. The Labute approximate surface area is 154 Å². The molecule has 3 heterocycles. The number of likely N-dealkylation sites (tertiary alicyclic amines) is 1. The van der Waals surface area contributed by atoms with Crippen molar-refractivity contribution in [2.24, 2.45) is 0 Å². The molecule has 2 aliphatic rings. The van der Waals surface area contributed by atoms with Crippen LogP contribution in [0.4, 0.5) is 5.69 Å². The summed E-state index contributed by atoms with van der Waals surface area (Å²) in [7, 11) is 0. The molecule has 1 fully saturated rings. The zero-order valence-electron chi connectivity index (χ0n) is 15.4. The maximum Gasteiger partial charge on any atom is 0.106 e. The highest BCUT2D eigenvalue weighted by Crippen LogP contribution is 2.31. The van der Waals surface area contributed by atoms with Gasteiger partial charge in [-0.05, 0) is 49.4 Å². The molecule has 0 aliphatic carbocycles. The molecule has 0 spiro atoms. The van der Waals surface area contributed by atoms with Crippen molar-refractivity contribution in [3.05, 3.63) is 59.4 Å². The molecule has 4 heteroatoms. The first-order valence-corrected chi connectivity index (χ1v) is 9.80. The zero-order chi connectivity index (χ0) is 17.5. The lowest BCUT2D eigenvalue weighted by molar-refractivity contribution is 0.180. The molecule has 26 heavy (non-hydrogen) atoms. The number of piperidine rings is 1. The van der Waals surface area contributed by atoms with Crippen LogP contribution in [0.1, 0.15) is 35.8 Å². The number of nitrogens with zero attached hydrogens (tertiary/aromatic N) is 3. The lowest BCUT2D eigenvalue weighted by atomic mass is 10.0. The first-order chi connectivity index (χ1) is 12.8. The Morgan fingerprint density at radius 2 is 1.92 bits per heavy atom. The van der Waals surface area contributed by atoms with Crippen molar-refractivity contribution in [1.82, 2.24) is 14.5 Å². The van der Waals surface area contributed by atoms with Gasteiger partial charge >= 0.3 is 0 Å². The van der Waals surface area contributed by atoms with Crippen LogP contribution in [-0.2, 0) is 13.0 Å². The molecule has 0 bridgehead atoms. The highest BCUT2D eigenvalue weighted by molar-refractivity contribution is 5.76. The smallest absolute Gasteiger partial charge is 0.106 e. The molecule has 5 rings (SSSR count). The Bertz CT molecular complexity index is 934. The van der Waals surface area contributed by atoms with Gasteiger partial charge < -0.3 is 9.88 Å². The van der Waals surface area contributed by atoms with Crippen LogP contribution >= 0.6 is 0 Å². The fraction of sp³-hybridized carbons (Fsp3) is 0.409. The predicted molar refractivity (Wildman–Crippen MR) is 107 cm³/mol. The molecule has 1 aromatic heterocycles. The molecule has 0 radical (unpaired) electrons. The van der Waals surface area contributed by atoms with E-state index in [2.05, 4.69) is 64.2 Å². The van der Waals surface area contributed by atoms with E-state index >= 15 is 0 Å². The summed E-state index contributed by atoms with van der Waals surface area (Å²) in [6.45, 7) is 6.60. The summed E-state index contributed by atoms with van der Waals surface area (Å²) in [5, 5.41) is 3.58. The Morgan fingerprint density at radius 1 is 1.08 bits per heavy atom. The van der Waals surface area contributed by atoms with E-state index in [1.807, 2.05) is 0 Å². The molecule has 0 atom stereocenters. The van der Waals surface area contributed by atoms with Gasteiger partial charge in [0.25, 0.3) is 0 Å². The number of para-hydroxylation sites is 3. The standard InChI is InChI=1S/C22H26N4/c1-16-24-20-7-2-3-8-21(20)26(16)19-10-13-25(14-11-19)15-18-6-4-5-17-9-12-23-22(17)18/h2-8,19,23H,9-15H2,1H3. The van der Waals surface area contributed by atoms with Crippen LogP contribution in [0, 0.1) is 6.92 Å². The monoisotopic (exact) mass is 346 g/mol. The minimum absolute atomic E-state index is 0.568. The second kappa shape index (κ2) is 6.44. The van der Waals surface area contributed by atoms with E-state index in [4.69, 9.17) is 4.98 Å². The quantitative estimate of drug-likeness (QED) is 0.773. The fourth-order valence-corrected chi connectivity index (χ4v) is 4.75. The molecule has 3 aromatic rings. The van der Waals surface area contributed by atoms with Crippen LogP contribution in [0.15, 0.2) is 42.5 Å². The molecular formula is C22H26N4. The van der Waals surface area contributed by atoms with E-state index in [1.54, 1.807) is 0 Å². The third-order valence-electron chi connectivity index (χ3n) is 6.02. The van der Waals surface area contributed by atoms with Gasteiger partial charge in [0.05, 0.1) is 11.0 Å². The highest BCUT2D eigenvalue weighted by Gasteiger charge is 2.24. The van der Waals surface area contributed by atoms with Crippen LogP contribution < -0.4 is 5.32 Å². The predicted octanol–water partition coefficient (Wildman–Crippen LogP) is 4.15. The van der Waals surface area contributed by atoms with Gasteiger partial charge in [-0.3, -0.25) is 4.90 Å². The summed E-state index contributed by atoms with van der Waals surface area (Å²) in [6.07, 6.45) is 3.56. The molecule has 0 amide bonds. The molecule has 1 saturated heterocycles. The summed E-state index contributed by atoms with van der Waals surface area (Å²) in [5.74, 6) is 1.15. The molecule has 134 valence electrons. The van der Waals surface area contributed by atoms with Crippen molar-refractivity contribution in [2.75, 3.05) is 25.0 Å². The van der Waals surface area contributed by atoms with Gasteiger partial charge in [-0.2, -0.15) is 0 Å². The Balaban J connectivity index is 1.31. The highest BCUT2D eigenvalue weighted by atomic mass is 15.2. The zero-order valence-corrected chi connectivity index (χ0v) is 15.4. The van der Waals surface area contributed by atoms with Gasteiger partial charge in [0, 0.05) is 37.9 Å². The third kappa shape index (κ3) is 2.69. The van der Waals surface area contributed by atoms with Gasteiger partial charge in [0.15, 0.2) is 0 Å². The summed E-state index contributed by atoms with van der Waals surface area (Å²) in [6, 6.07) is 15.9. The van der Waals surface area contributed by atoms with Crippen molar-refractivity contribution >= 4 is 16.7 Å². The second-order valence-corrected chi connectivity index (χ2v) is 7.65. The second-order valence-electron chi connectivity index (χ2n) is 7.65. The van der Waals surface area contributed by atoms with Gasteiger partial charge in [-0.25, -0.2) is 4.98 Å². The SMILES string of the molecule is Cc1nc2ccccc2n1C1CCN(Cc2cccc3c2NCC3)CC1. The first kappa shape index (κ1) is 15.9. The number of rotatable bonds is 3. The van der Waals surface area contributed by atoms with E-state index in [9.17, 15) is 0 Å². The van der Waals surface area contributed by atoms with Gasteiger partial charge in [0.2, 0.25) is 0 Å². The molecule has 2 aliphatic heterocycles. The third-order valence-corrected chi connectivity index (χ3v) is 6.02. The summed E-state index contributed by atoms with van der Waals surface area (Å²) in [5.41, 5.74) is 6.75.